The van der Waals surface area contributed by atoms with E-state index in [1.807, 2.05) is 19.1 Å². The second-order valence-electron chi connectivity index (χ2n) is 4.46. The van der Waals surface area contributed by atoms with Crippen LogP contribution in [-0.2, 0) is 0 Å². The molecule has 0 amide bonds. The van der Waals surface area contributed by atoms with Crippen molar-refractivity contribution in [3.8, 4) is 5.75 Å². The van der Waals surface area contributed by atoms with Gasteiger partial charge in [0.2, 0.25) is 0 Å². The maximum absolute atomic E-state index is 5.30. The largest absolute Gasteiger partial charge is 0.497 e. The van der Waals surface area contributed by atoms with Gasteiger partial charge in [-0.1, -0.05) is 19.1 Å². The van der Waals surface area contributed by atoms with Gasteiger partial charge in [0.1, 0.15) is 5.75 Å². The summed E-state index contributed by atoms with van der Waals surface area (Å²) in [6, 6.07) is 8.31. The monoisotopic (exact) mass is 276 g/mol. The van der Waals surface area contributed by atoms with Crippen molar-refractivity contribution in [1.29, 1.82) is 0 Å². The topological polar surface area (TPSA) is 34.1 Å². The highest BCUT2D eigenvalue weighted by molar-refractivity contribution is 7.09. The van der Waals surface area contributed by atoms with Crippen molar-refractivity contribution in [3.05, 3.63) is 45.9 Å². The molecule has 1 heterocycles. The molecule has 0 aliphatic heterocycles. The highest BCUT2D eigenvalue weighted by Gasteiger charge is 2.16. The maximum Gasteiger partial charge on any atom is 0.119 e. The van der Waals surface area contributed by atoms with Gasteiger partial charge in [-0.15, -0.1) is 11.3 Å². The summed E-state index contributed by atoms with van der Waals surface area (Å²) in [4.78, 5) is 4.61. The highest BCUT2D eigenvalue weighted by Crippen LogP contribution is 2.26. The number of thiazole rings is 1. The van der Waals surface area contributed by atoms with E-state index in [9.17, 15) is 0 Å². The van der Waals surface area contributed by atoms with Crippen molar-refractivity contribution in [3.63, 3.8) is 0 Å². The van der Waals surface area contributed by atoms with Gasteiger partial charge in [0.05, 0.1) is 23.9 Å². The first-order chi connectivity index (χ1) is 9.24. The van der Waals surface area contributed by atoms with Crippen LogP contribution in [0.25, 0.3) is 0 Å². The lowest BCUT2D eigenvalue weighted by Crippen LogP contribution is -2.23. The Balaban J connectivity index is 2.30. The molecule has 19 heavy (non-hydrogen) atoms. The maximum atomic E-state index is 5.30. The molecule has 1 aromatic carbocycles. The number of nitrogens with zero attached hydrogens (tertiary/aromatic N) is 1. The van der Waals surface area contributed by atoms with Crippen LogP contribution in [0.15, 0.2) is 29.6 Å². The number of aryl methyl sites for hydroxylation is 1. The molecule has 0 bridgehead atoms. The summed E-state index contributed by atoms with van der Waals surface area (Å²) in [6.45, 7) is 5.18. The highest BCUT2D eigenvalue weighted by atomic mass is 32.1. The summed E-state index contributed by atoms with van der Waals surface area (Å²) >= 11 is 1.69. The molecule has 0 spiro atoms. The zero-order valence-electron chi connectivity index (χ0n) is 11.6. The average molecular weight is 276 g/mol. The molecular weight excluding hydrogens is 256 g/mol. The Bertz CT molecular complexity index is 524. The second-order valence-corrected chi connectivity index (χ2v) is 5.52. The predicted octanol–water partition coefficient (Wildman–Crippen LogP) is 3.55. The third-order valence-corrected chi connectivity index (χ3v) is 3.75. The van der Waals surface area contributed by atoms with Gasteiger partial charge in [0.25, 0.3) is 0 Å². The van der Waals surface area contributed by atoms with Crippen LogP contribution in [0.3, 0.4) is 0 Å². The zero-order valence-corrected chi connectivity index (χ0v) is 12.5. The average Bonchev–Trinajstić information content (AvgIpc) is 2.86. The minimum atomic E-state index is 0.139. The molecule has 0 saturated carbocycles. The summed E-state index contributed by atoms with van der Waals surface area (Å²) < 4.78 is 5.30. The van der Waals surface area contributed by atoms with E-state index in [1.165, 1.54) is 5.56 Å². The third-order valence-electron chi connectivity index (χ3n) is 2.96. The smallest absolute Gasteiger partial charge is 0.119 e. The van der Waals surface area contributed by atoms with Gasteiger partial charge in [-0.3, -0.25) is 0 Å². The minimum absolute atomic E-state index is 0.139. The van der Waals surface area contributed by atoms with Gasteiger partial charge in [-0.25, -0.2) is 4.98 Å². The van der Waals surface area contributed by atoms with Crippen molar-refractivity contribution < 1.29 is 4.74 Å². The first-order valence-electron chi connectivity index (χ1n) is 6.54. The summed E-state index contributed by atoms with van der Waals surface area (Å²) in [7, 11) is 1.70. The van der Waals surface area contributed by atoms with Crippen LogP contribution in [0.1, 0.15) is 35.7 Å². The Hall–Kier alpha value is -1.39. The van der Waals surface area contributed by atoms with Crippen molar-refractivity contribution in [1.82, 2.24) is 10.3 Å². The van der Waals surface area contributed by atoms with E-state index in [1.54, 1.807) is 18.4 Å². The van der Waals surface area contributed by atoms with E-state index in [0.717, 1.165) is 29.4 Å². The molecule has 3 nitrogen and oxygen atoms in total. The molecule has 0 radical (unpaired) electrons. The molecule has 102 valence electrons. The Morgan fingerprint density at radius 3 is 2.89 bits per heavy atom. The molecule has 0 aliphatic carbocycles. The van der Waals surface area contributed by atoms with Gasteiger partial charge in [0, 0.05) is 5.38 Å². The Kier molecular flexibility index (Phi) is 4.93. The number of ether oxygens (including phenoxy) is 1. The van der Waals surface area contributed by atoms with E-state index in [2.05, 4.69) is 34.7 Å². The number of benzene rings is 1. The fourth-order valence-electron chi connectivity index (χ4n) is 2.02. The number of methoxy groups -OCH3 is 1. The second kappa shape index (κ2) is 6.68. The third kappa shape index (κ3) is 3.55. The SMILES string of the molecule is CCCNC(c1cccc(OC)c1)c1csc(C)n1. The summed E-state index contributed by atoms with van der Waals surface area (Å²) in [5, 5.41) is 6.78. The van der Waals surface area contributed by atoms with Gasteiger partial charge in [-0.2, -0.15) is 0 Å². The molecule has 0 saturated heterocycles. The number of hydrogen-bond donors (Lipinski definition) is 1. The quantitative estimate of drug-likeness (QED) is 0.876. The number of hydrogen-bond acceptors (Lipinski definition) is 4. The van der Waals surface area contributed by atoms with Crippen molar-refractivity contribution >= 4 is 11.3 Å². The number of aromatic nitrogens is 1. The molecule has 0 fully saturated rings. The van der Waals surface area contributed by atoms with Crippen LogP contribution in [0.5, 0.6) is 5.75 Å². The van der Waals surface area contributed by atoms with E-state index >= 15 is 0 Å². The lowest BCUT2D eigenvalue weighted by molar-refractivity contribution is 0.413. The standard InChI is InChI=1S/C15H20N2OS/c1-4-8-16-15(14-10-19-11(2)17-14)12-6-5-7-13(9-12)18-3/h5-7,9-10,15-16H,4,8H2,1-3H3. The van der Waals surface area contributed by atoms with Crippen LogP contribution in [0.4, 0.5) is 0 Å². The fraction of sp³-hybridized carbons (Fsp3) is 0.400. The first-order valence-corrected chi connectivity index (χ1v) is 7.42. The molecule has 0 aliphatic rings. The normalized spacial score (nSPS) is 12.4. The van der Waals surface area contributed by atoms with Gasteiger partial charge < -0.3 is 10.1 Å². The molecule has 1 unspecified atom stereocenters. The van der Waals surface area contributed by atoms with E-state index in [-0.39, 0.29) is 6.04 Å². The summed E-state index contributed by atoms with van der Waals surface area (Å²) in [6.07, 6.45) is 1.10. The lowest BCUT2D eigenvalue weighted by atomic mass is 10.0. The van der Waals surface area contributed by atoms with Crippen molar-refractivity contribution in [2.75, 3.05) is 13.7 Å². The van der Waals surface area contributed by atoms with E-state index in [0.29, 0.717) is 0 Å². The summed E-state index contributed by atoms with van der Waals surface area (Å²) in [5.41, 5.74) is 2.28. The Labute approximate surface area is 118 Å². The molecule has 2 rings (SSSR count). The van der Waals surface area contributed by atoms with Crippen LogP contribution in [0, 0.1) is 6.92 Å². The van der Waals surface area contributed by atoms with Crippen LogP contribution < -0.4 is 10.1 Å². The molecule has 1 N–H and O–H groups in total. The molecule has 4 heteroatoms. The zero-order chi connectivity index (χ0) is 13.7. The van der Waals surface area contributed by atoms with Crippen LogP contribution in [-0.4, -0.2) is 18.6 Å². The predicted molar refractivity (Wildman–Crippen MR) is 80.0 cm³/mol. The van der Waals surface area contributed by atoms with Crippen LogP contribution in [0.2, 0.25) is 0 Å². The molecular formula is C15H20N2OS. The van der Waals surface area contributed by atoms with Crippen molar-refractivity contribution in [2.24, 2.45) is 0 Å². The first kappa shape index (κ1) is 14.0. The minimum Gasteiger partial charge on any atom is -0.497 e. The van der Waals surface area contributed by atoms with Crippen molar-refractivity contribution in [2.45, 2.75) is 26.3 Å². The van der Waals surface area contributed by atoms with Crippen LogP contribution >= 0.6 is 11.3 Å². The fourth-order valence-corrected chi connectivity index (χ4v) is 2.65. The van der Waals surface area contributed by atoms with Gasteiger partial charge in [-0.05, 0) is 37.6 Å². The van der Waals surface area contributed by atoms with Gasteiger partial charge in [0.15, 0.2) is 0 Å². The lowest BCUT2D eigenvalue weighted by Gasteiger charge is -2.17. The molecule has 1 aromatic heterocycles. The molecule has 1 atom stereocenters. The van der Waals surface area contributed by atoms with E-state index in [4.69, 9.17) is 4.74 Å². The summed E-state index contributed by atoms with van der Waals surface area (Å²) in [5.74, 6) is 0.882. The number of nitrogens with one attached hydrogen (secondary N) is 1. The number of rotatable bonds is 6. The van der Waals surface area contributed by atoms with Gasteiger partial charge >= 0.3 is 0 Å². The Morgan fingerprint density at radius 1 is 1.42 bits per heavy atom. The molecule has 2 aromatic rings. The Morgan fingerprint density at radius 2 is 2.26 bits per heavy atom. The van der Waals surface area contributed by atoms with E-state index < -0.39 is 0 Å².